The molecular weight excluding hydrogens is 302 g/mol. The average molecular weight is 321 g/mol. The predicted molar refractivity (Wildman–Crippen MR) is 84.1 cm³/mol. The van der Waals surface area contributed by atoms with E-state index in [2.05, 4.69) is 20.3 Å². The summed E-state index contributed by atoms with van der Waals surface area (Å²) in [6.07, 6.45) is 0. The zero-order chi connectivity index (χ0) is 15.5. The number of carbonyl (C=O) groups excluding carboxylic acids is 1. The Morgan fingerprint density at radius 1 is 1.45 bits per heavy atom. The van der Waals surface area contributed by atoms with Crippen molar-refractivity contribution in [1.29, 1.82) is 0 Å². The van der Waals surface area contributed by atoms with Gasteiger partial charge >= 0.3 is 0 Å². The standard InChI is InChI=1S/C14H19N5O2S/c1-10-7-12(18(2)17-10)13(20)16-14-15-11(9-22-14)8-19-3-5-21-6-4-19/h7,9H,3-6,8H2,1-2H3,(H,15,16,20). The Bertz CT molecular complexity index is 660. The molecule has 1 fully saturated rings. The van der Waals surface area contributed by atoms with Crippen LogP contribution in [-0.4, -0.2) is 51.9 Å². The van der Waals surface area contributed by atoms with Gasteiger partial charge in [0.15, 0.2) is 5.13 Å². The molecule has 7 nitrogen and oxygen atoms in total. The Morgan fingerprint density at radius 2 is 2.23 bits per heavy atom. The van der Waals surface area contributed by atoms with Gasteiger partial charge in [0.1, 0.15) is 5.69 Å². The Labute approximate surface area is 132 Å². The molecule has 8 heteroatoms. The summed E-state index contributed by atoms with van der Waals surface area (Å²) >= 11 is 1.44. The number of amides is 1. The highest BCUT2D eigenvalue weighted by atomic mass is 32.1. The summed E-state index contributed by atoms with van der Waals surface area (Å²) in [5.41, 5.74) is 2.32. The molecule has 0 spiro atoms. The minimum atomic E-state index is -0.185. The van der Waals surface area contributed by atoms with Crippen molar-refractivity contribution in [2.24, 2.45) is 7.05 Å². The van der Waals surface area contributed by atoms with E-state index in [9.17, 15) is 4.79 Å². The number of hydrogen-bond acceptors (Lipinski definition) is 6. The van der Waals surface area contributed by atoms with Gasteiger partial charge in [-0.05, 0) is 13.0 Å². The number of morpholine rings is 1. The first-order valence-electron chi connectivity index (χ1n) is 7.18. The zero-order valence-corrected chi connectivity index (χ0v) is 13.5. The van der Waals surface area contributed by atoms with E-state index < -0.39 is 0 Å². The Balaban J connectivity index is 1.61. The number of nitrogens with one attached hydrogen (secondary N) is 1. The van der Waals surface area contributed by atoms with Crippen LogP contribution < -0.4 is 5.32 Å². The lowest BCUT2D eigenvalue weighted by atomic mass is 10.3. The van der Waals surface area contributed by atoms with E-state index >= 15 is 0 Å². The van der Waals surface area contributed by atoms with Crippen LogP contribution in [0.15, 0.2) is 11.4 Å². The van der Waals surface area contributed by atoms with E-state index in [0.29, 0.717) is 10.8 Å². The van der Waals surface area contributed by atoms with Crippen LogP contribution >= 0.6 is 11.3 Å². The molecule has 3 heterocycles. The Hall–Kier alpha value is -1.77. The second-order valence-corrected chi connectivity index (χ2v) is 6.14. The molecule has 22 heavy (non-hydrogen) atoms. The molecule has 0 unspecified atom stereocenters. The molecule has 1 N–H and O–H groups in total. The van der Waals surface area contributed by atoms with Gasteiger partial charge in [-0.25, -0.2) is 4.98 Å². The normalized spacial score (nSPS) is 15.9. The van der Waals surface area contributed by atoms with Crippen LogP contribution in [0.25, 0.3) is 0 Å². The van der Waals surface area contributed by atoms with Gasteiger partial charge in [-0.2, -0.15) is 5.10 Å². The first-order chi connectivity index (χ1) is 10.6. The molecule has 0 aliphatic carbocycles. The molecule has 1 aliphatic heterocycles. The molecule has 1 aliphatic rings. The van der Waals surface area contributed by atoms with Crippen LogP contribution in [0.2, 0.25) is 0 Å². The summed E-state index contributed by atoms with van der Waals surface area (Å²) in [4.78, 5) is 19.0. The number of ether oxygens (including phenoxy) is 1. The first-order valence-corrected chi connectivity index (χ1v) is 8.06. The molecule has 2 aromatic rings. The van der Waals surface area contributed by atoms with E-state index in [-0.39, 0.29) is 5.91 Å². The second-order valence-electron chi connectivity index (χ2n) is 5.28. The number of anilines is 1. The molecule has 0 radical (unpaired) electrons. The lowest BCUT2D eigenvalue weighted by molar-refractivity contribution is 0.0337. The van der Waals surface area contributed by atoms with Crippen LogP contribution in [-0.2, 0) is 18.3 Å². The average Bonchev–Trinajstić information content (AvgIpc) is 3.06. The third-order valence-corrected chi connectivity index (χ3v) is 4.30. The molecule has 0 atom stereocenters. The summed E-state index contributed by atoms with van der Waals surface area (Å²) in [7, 11) is 1.76. The minimum Gasteiger partial charge on any atom is -0.379 e. The predicted octanol–water partition coefficient (Wildman–Crippen LogP) is 1.27. The van der Waals surface area contributed by atoms with Crippen molar-refractivity contribution in [3.63, 3.8) is 0 Å². The van der Waals surface area contributed by atoms with Gasteiger partial charge in [-0.1, -0.05) is 0 Å². The van der Waals surface area contributed by atoms with Crippen LogP contribution in [0.5, 0.6) is 0 Å². The van der Waals surface area contributed by atoms with Gasteiger partial charge < -0.3 is 4.74 Å². The third-order valence-electron chi connectivity index (χ3n) is 3.50. The van der Waals surface area contributed by atoms with Gasteiger partial charge in [0.2, 0.25) is 0 Å². The van der Waals surface area contributed by atoms with Crippen LogP contribution in [0.3, 0.4) is 0 Å². The lowest BCUT2D eigenvalue weighted by Gasteiger charge is -2.25. The van der Waals surface area contributed by atoms with Crippen LogP contribution in [0.4, 0.5) is 5.13 Å². The Kier molecular flexibility index (Phi) is 4.51. The molecule has 0 saturated carbocycles. The molecule has 0 aromatic carbocycles. The summed E-state index contributed by atoms with van der Waals surface area (Å²) in [5.74, 6) is -0.185. The summed E-state index contributed by atoms with van der Waals surface area (Å²) in [5, 5.41) is 9.61. The van der Waals surface area contributed by atoms with E-state index in [4.69, 9.17) is 4.74 Å². The zero-order valence-electron chi connectivity index (χ0n) is 12.7. The van der Waals surface area contributed by atoms with Gasteiger partial charge in [-0.15, -0.1) is 11.3 Å². The number of rotatable bonds is 4. The highest BCUT2D eigenvalue weighted by Gasteiger charge is 2.15. The second kappa shape index (κ2) is 6.55. The highest BCUT2D eigenvalue weighted by Crippen LogP contribution is 2.18. The Morgan fingerprint density at radius 3 is 2.91 bits per heavy atom. The molecule has 2 aromatic heterocycles. The number of hydrogen-bond donors (Lipinski definition) is 1. The van der Waals surface area contributed by atoms with Crippen LogP contribution in [0, 0.1) is 6.92 Å². The number of carbonyl (C=O) groups is 1. The van der Waals surface area contributed by atoms with E-state index in [1.165, 1.54) is 11.3 Å². The van der Waals surface area contributed by atoms with E-state index in [1.54, 1.807) is 17.8 Å². The maximum Gasteiger partial charge on any atom is 0.275 e. The van der Waals surface area contributed by atoms with E-state index in [0.717, 1.165) is 44.2 Å². The third kappa shape index (κ3) is 3.52. The maximum absolute atomic E-state index is 12.2. The number of thiazole rings is 1. The van der Waals surface area contributed by atoms with Crippen molar-refractivity contribution in [3.8, 4) is 0 Å². The van der Waals surface area contributed by atoms with Crippen molar-refractivity contribution < 1.29 is 9.53 Å². The van der Waals surface area contributed by atoms with Crippen LogP contribution in [0.1, 0.15) is 21.9 Å². The van der Waals surface area contributed by atoms with Gasteiger partial charge in [0.05, 0.1) is 24.6 Å². The summed E-state index contributed by atoms with van der Waals surface area (Å²) in [6, 6.07) is 1.76. The molecule has 1 amide bonds. The summed E-state index contributed by atoms with van der Waals surface area (Å²) < 4.78 is 6.91. The van der Waals surface area contributed by atoms with Crippen molar-refractivity contribution >= 4 is 22.4 Å². The molecule has 3 rings (SSSR count). The first kappa shape index (κ1) is 15.1. The van der Waals surface area contributed by atoms with E-state index in [1.807, 2.05) is 12.3 Å². The molecule has 1 saturated heterocycles. The number of nitrogens with zero attached hydrogens (tertiary/aromatic N) is 4. The fourth-order valence-corrected chi connectivity index (χ4v) is 3.11. The van der Waals surface area contributed by atoms with Gasteiger partial charge in [-0.3, -0.25) is 19.7 Å². The highest BCUT2D eigenvalue weighted by molar-refractivity contribution is 7.13. The largest absolute Gasteiger partial charge is 0.379 e. The van der Waals surface area contributed by atoms with Crippen molar-refractivity contribution in [2.45, 2.75) is 13.5 Å². The van der Waals surface area contributed by atoms with Crippen molar-refractivity contribution in [3.05, 3.63) is 28.5 Å². The quantitative estimate of drug-likeness (QED) is 0.918. The SMILES string of the molecule is Cc1cc(C(=O)Nc2nc(CN3CCOCC3)cs2)n(C)n1. The lowest BCUT2D eigenvalue weighted by Crippen LogP contribution is -2.35. The monoisotopic (exact) mass is 321 g/mol. The van der Waals surface area contributed by atoms with Gasteiger partial charge in [0.25, 0.3) is 5.91 Å². The van der Waals surface area contributed by atoms with Crippen molar-refractivity contribution in [1.82, 2.24) is 19.7 Å². The summed E-state index contributed by atoms with van der Waals surface area (Å²) in [6.45, 7) is 6.04. The topological polar surface area (TPSA) is 72.3 Å². The molecule has 118 valence electrons. The number of aromatic nitrogens is 3. The fourth-order valence-electron chi connectivity index (χ4n) is 2.41. The maximum atomic E-state index is 12.2. The fraction of sp³-hybridized carbons (Fsp3) is 0.500. The van der Waals surface area contributed by atoms with Crippen molar-refractivity contribution in [2.75, 3.05) is 31.6 Å². The van der Waals surface area contributed by atoms with Gasteiger partial charge in [0, 0.05) is 32.1 Å². The molecule has 0 bridgehead atoms. The minimum absolute atomic E-state index is 0.185. The smallest absolute Gasteiger partial charge is 0.275 e. The molecular formula is C14H19N5O2S. The number of aryl methyl sites for hydroxylation is 2.